The van der Waals surface area contributed by atoms with Gasteiger partial charge in [0, 0.05) is 6.54 Å². The number of aromatic nitrogens is 2. The van der Waals surface area contributed by atoms with Crippen molar-refractivity contribution in [2.45, 2.75) is 60.1 Å². The lowest BCUT2D eigenvalue weighted by Crippen LogP contribution is -2.11. The number of rotatable bonds is 9. The summed E-state index contributed by atoms with van der Waals surface area (Å²) in [7, 11) is 0. The zero-order chi connectivity index (χ0) is 23.4. The molecule has 172 valence electrons. The number of fused-ring (bicyclic) bond motifs is 1. The number of hydrogen-bond donors (Lipinski definition) is 0. The van der Waals surface area contributed by atoms with E-state index >= 15 is 0 Å². The van der Waals surface area contributed by atoms with Gasteiger partial charge < -0.3 is 14.0 Å². The van der Waals surface area contributed by atoms with Crippen LogP contribution in [0.25, 0.3) is 11.0 Å². The lowest BCUT2D eigenvalue weighted by Gasteiger charge is -2.16. The van der Waals surface area contributed by atoms with Gasteiger partial charge in [-0.15, -0.1) is 0 Å². The molecule has 0 bridgehead atoms. The summed E-state index contributed by atoms with van der Waals surface area (Å²) in [5.41, 5.74) is 6.94. The van der Waals surface area contributed by atoms with Crippen LogP contribution in [0.4, 0.5) is 0 Å². The molecule has 4 rings (SSSR count). The van der Waals surface area contributed by atoms with Crippen LogP contribution in [-0.2, 0) is 13.2 Å². The van der Waals surface area contributed by atoms with E-state index in [-0.39, 0.29) is 0 Å². The molecule has 0 radical (unpaired) electrons. The second-order valence-electron chi connectivity index (χ2n) is 9.12. The summed E-state index contributed by atoms with van der Waals surface area (Å²) in [6, 6.07) is 21.1. The van der Waals surface area contributed by atoms with Gasteiger partial charge in [-0.25, -0.2) is 4.98 Å². The SMILES string of the molecule is Cc1ccc(C)c(OCc2nc3ccccc3n2CCCOc2cc(C)ccc2C(C)C)c1. The first-order valence-corrected chi connectivity index (χ1v) is 11.8. The van der Waals surface area contributed by atoms with Crippen molar-refractivity contribution in [3.63, 3.8) is 0 Å². The highest BCUT2D eigenvalue weighted by Crippen LogP contribution is 2.28. The first-order chi connectivity index (χ1) is 15.9. The summed E-state index contributed by atoms with van der Waals surface area (Å²) in [6.45, 7) is 12.6. The molecule has 4 aromatic rings. The van der Waals surface area contributed by atoms with E-state index in [0.717, 1.165) is 46.9 Å². The molecule has 0 saturated carbocycles. The Balaban J connectivity index is 1.47. The maximum Gasteiger partial charge on any atom is 0.148 e. The largest absolute Gasteiger partial charge is 0.493 e. The summed E-state index contributed by atoms with van der Waals surface area (Å²) < 4.78 is 14.7. The van der Waals surface area contributed by atoms with Crippen LogP contribution in [0.3, 0.4) is 0 Å². The van der Waals surface area contributed by atoms with Crippen molar-refractivity contribution in [1.29, 1.82) is 0 Å². The van der Waals surface area contributed by atoms with E-state index in [1.807, 2.05) is 6.07 Å². The van der Waals surface area contributed by atoms with Crippen LogP contribution >= 0.6 is 0 Å². The van der Waals surface area contributed by atoms with Crippen molar-refractivity contribution in [3.8, 4) is 11.5 Å². The van der Waals surface area contributed by atoms with Gasteiger partial charge in [-0.2, -0.15) is 0 Å². The Bertz CT molecular complexity index is 1240. The fraction of sp³-hybridized carbons (Fsp3) is 0.345. The predicted octanol–water partition coefficient (Wildman–Crippen LogP) is 7.13. The molecule has 0 saturated heterocycles. The number of hydrogen-bond acceptors (Lipinski definition) is 3. The molecule has 0 fully saturated rings. The highest BCUT2D eigenvalue weighted by Gasteiger charge is 2.13. The molecule has 0 aliphatic heterocycles. The van der Waals surface area contributed by atoms with Crippen LogP contribution in [0.15, 0.2) is 60.7 Å². The van der Waals surface area contributed by atoms with Crippen LogP contribution in [0, 0.1) is 20.8 Å². The highest BCUT2D eigenvalue weighted by atomic mass is 16.5. The zero-order valence-electron chi connectivity index (χ0n) is 20.4. The smallest absolute Gasteiger partial charge is 0.148 e. The van der Waals surface area contributed by atoms with Gasteiger partial charge in [-0.05, 0) is 79.6 Å². The van der Waals surface area contributed by atoms with Crippen LogP contribution in [0.2, 0.25) is 0 Å². The van der Waals surface area contributed by atoms with Gasteiger partial charge in [0.05, 0.1) is 17.6 Å². The monoisotopic (exact) mass is 442 g/mol. The Morgan fingerprint density at radius 3 is 2.36 bits per heavy atom. The molecule has 0 unspecified atom stereocenters. The lowest BCUT2D eigenvalue weighted by atomic mass is 10.0. The Labute approximate surface area is 197 Å². The predicted molar refractivity (Wildman–Crippen MR) is 135 cm³/mol. The molecule has 4 heteroatoms. The molecule has 0 amide bonds. The van der Waals surface area contributed by atoms with Gasteiger partial charge in [0.2, 0.25) is 0 Å². The topological polar surface area (TPSA) is 36.3 Å². The fourth-order valence-corrected chi connectivity index (χ4v) is 4.14. The van der Waals surface area contributed by atoms with Crippen LogP contribution in [-0.4, -0.2) is 16.2 Å². The second kappa shape index (κ2) is 10.1. The number of nitrogens with zero attached hydrogens (tertiary/aromatic N) is 2. The van der Waals surface area contributed by atoms with Gasteiger partial charge in [-0.3, -0.25) is 0 Å². The zero-order valence-corrected chi connectivity index (χ0v) is 20.4. The minimum atomic E-state index is 0.437. The van der Waals surface area contributed by atoms with E-state index in [2.05, 4.69) is 93.8 Å². The van der Waals surface area contributed by atoms with Gasteiger partial charge >= 0.3 is 0 Å². The van der Waals surface area contributed by atoms with Crippen molar-refractivity contribution in [3.05, 3.63) is 88.7 Å². The molecule has 0 aliphatic carbocycles. The molecule has 33 heavy (non-hydrogen) atoms. The standard InChI is InChI=1S/C29H34N2O2/c1-20(2)24-14-12-22(4)18-28(24)32-16-8-15-31-26-10-7-6-9-25(26)30-29(31)19-33-27-17-21(3)11-13-23(27)5/h6-7,9-14,17-18,20H,8,15-16,19H2,1-5H3. The molecular formula is C29H34N2O2. The molecule has 0 atom stereocenters. The molecule has 0 spiro atoms. The molecule has 3 aromatic carbocycles. The molecule has 4 nitrogen and oxygen atoms in total. The maximum atomic E-state index is 6.22. The highest BCUT2D eigenvalue weighted by molar-refractivity contribution is 5.75. The van der Waals surface area contributed by atoms with Crippen LogP contribution < -0.4 is 9.47 Å². The molecule has 0 N–H and O–H groups in total. The van der Waals surface area contributed by atoms with Crippen molar-refractivity contribution < 1.29 is 9.47 Å². The maximum absolute atomic E-state index is 6.22. The van der Waals surface area contributed by atoms with Crippen LogP contribution in [0.5, 0.6) is 11.5 Å². The quantitative estimate of drug-likeness (QED) is 0.259. The minimum absolute atomic E-state index is 0.437. The third kappa shape index (κ3) is 5.39. The van der Waals surface area contributed by atoms with E-state index in [9.17, 15) is 0 Å². The average molecular weight is 443 g/mol. The summed E-state index contributed by atoms with van der Waals surface area (Å²) in [5, 5.41) is 0. The van der Waals surface area contributed by atoms with Crippen molar-refractivity contribution in [2.24, 2.45) is 0 Å². The van der Waals surface area contributed by atoms with E-state index in [1.54, 1.807) is 0 Å². The number of para-hydroxylation sites is 2. The summed E-state index contributed by atoms with van der Waals surface area (Å²) >= 11 is 0. The Morgan fingerprint density at radius 1 is 0.848 bits per heavy atom. The Kier molecular flexibility index (Phi) is 7.02. The van der Waals surface area contributed by atoms with Gasteiger partial charge in [-0.1, -0.05) is 50.2 Å². The van der Waals surface area contributed by atoms with Crippen molar-refractivity contribution in [1.82, 2.24) is 9.55 Å². The second-order valence-corrected chi connectivity index (χ2v) is 9.12. The van der Waals surface area contributed by atoms with Gasteiger partial charge in [0.25, 0.3) is 0 Å². The number of ether oxygens (including phenoxy) is 2. The van der Waals surface area contributed by atoms with E-state index in [1.165, 1.54) is 16.7 Å². The Morgan fingerprint density at radius 2 is 1.58 bits per heavy atom. The minimum Gasteiger partial charge on any atom is -0.493 e. The van der Waals surface area contributed by atoms with E-state index in [4.69, 9.17) is 14.5 Å². The van der Waals surface area contributed by atoms with E-state index in [0.29, 0.717) is 19.1 Å². The third-order valence-electron chi connectivity index (χ3n) is 6.01. The Hall–Kier alpha value is -3.27. The van der Waals surface area contributed by atoms with Crippen molar-refractivity contribution >= 4 is 11.0 Å². The fourth-order valence-electron chi connectivity index (χ4n) is 4.14. The lowest BCUT2D eigenvalue weighted by molar-refractivity contribution is 0.278. The van der Waals surface area contributed by atoms with Crippen LogP contribution in [0.1, 0.15) is 54.3 Å². The average Bonchev–Trinajstić information content (AvgIpc) is 3.14. The summed E-state index contributed by atoms with van der Waals surface area (Å²) in [6.07, 6.45) is 0.891. The summed E-state index contributed by atoms with van der Waals surface area (Å²) in [5.74, 6) is 3.29. The number of imidazole rings is 1. The normalized spacial score (nSPS) is 11.3. The molecular weight excluding hydrogens is 408 g/mol. The summed E-state index contributed by atoms with van der Waals surface area (Å²) in [4.78, 5) is 4.86. The molecule has 1 aromatic heterocycles. The van der Waals surface area contributed by atoms with E-state index < -0.39 is 0 Å². The number of aryl methyl sites for hydroxylation is 4. The first-order valence-electron chi connectivity index (χ1n) is 11.8. The number of benzene rings is 3. The molecule has 1 heterocycles. The third-order valence-corrected chi connectivity index (χ3v) is 6.01. The van der Waals surface area contributed by atoms with Gasteiger partial charge in [0.15, 0.2) is 0 Å². The van der Waals surface area contributed by atoms with Crippen molar-refractivity contribution in [2.75, 3.05) is 6.61 Å². The van der Waals surface area contributed by atoms with Gasteiger partial charge in [0.1, 0.15) is 23.9 Å². The first kappa shape index (κ1) is 22.9. The molecule has 0 aliphatic rings.